The van der Waals surface area contributed by atoms with Gasteiger partial charge in [0.1, 0.15) is 5.75 Å². The highest BCUT2D eigenvalue weighted by atomic mass is 16.5. The van der Waals surface area contributed by atoms with Crippen molar-refractivity contribution in [3.8, 4) is 5.75 Å². The van der Waals surface area contributed by atoms with Crippen LogP contribution in [0.3, 0.4) is 0 Å². The third-order valence-electron chi connectivity index (χ3n) is 2.09. The Morgan fingerprint density at radius 1 is 1.19 bits per heavy atom. The predicted octanol–water partition coefficient (Wildman–Crippen LogP) is 1.83. The maximum Gasteiger partial charge on any atom is 0.303 e. The Labute approximate surface area is 94.2 Å². The zero-order valence-electron chi connectivity index (χ0n) is 9.52. The van der Waals surface area contributed by atoms with Crippen LogP contribution in [0.15, 0.2) is 24.3 Å². The largest absolute Gasteiger partial charge is 0.497 e. The van der Waals surface area contributed by atoms with E-state index >= 15 is 0 Å². The fourth-order valence-electron chi connectivity index (χ4n) is 1.29. The topological polar surface area (TPSA) is 52.6 Å². The van der Waals surface area contributed by atoms with E-state index in [9.17, 15) is 9.59 Å². The first-order valence-corrected chi connectivity index (χ1v) is 4.90. The summed E-state index contributed by atoms with van der Waals surface area (Å²) in [5.74, 6) is -0.0103. The Morgan fingerprint density at radius 3 is 2.19 bits per heavy atom. The van der Waals surface area contributed by atoms with Gasteiger partial charge in [-0.2, -0.15) is 0 Å². The van der Waals surface area contributed by atoms with Gasteiger partial charge in [0.2, 0.25) is 5.78 Å². The molecule has 4 heteroatoms. The van der Waals surface area contributed by atoms with Gasteiger partial charge in [-0.05, 0) is 31.2 Å². The average Bonchev–Trinajstić information content (AvgIpc) is 2.27. The summed E-state index contributed by atoms with van der Waals surface area (Å²) in [6.45, 7) is 2.83. The molecule has 0 bridgehead atoms. The smallest absolute Gasteiger partial charge is 0.303 e. The molecular formula is C12H14O4. The summed E-state index contributed by atoms with van der Waals surface area (Å²) in [6.07, 6.45) is -0.758. The van der Waals surface area contributed by atoms with Crippen molar-refractivity contribution in [3.63, 3.8) is 0 Å². The molecule has 0 saturated carbocycles. The van der Waals surface area contributed by atoms with Crippen LogP contribution < -0.4 is 4.74 Å². The van der Waals surface area contributed by atoms with Crippen molar-refractivity contribution < 1.29 is 19.1 Å². The molecule has 0 heterocycles. The van der Waals surface area contributed by atoms with Gasteiger partial charge in [0, 0.05) is 12.5 Å². The first-order chi connectivity index (χ1) is 7.54. The maximum atomic E-state index is 11.8. The van der Waals surface area contributed by atoms with Crippen LogP contribution in [-0.4, -0.2) is 25.0 Å². The van der Waals surface area contributed by atoms with Crippen LogP contribution in [0.2, 0.25) is 0 Å². The first kappa shape index (κ1) is 12.2. The van der Waals surface area contributed by atoms with Crippen molar-refractivity contribution in [2.45, 2.75) is 20.0 Å². The normalized spacial score (nSPS) is 11.7. The highest BCUT2D eigenvalue weighted by Crippen LogP contribution is 2.13. The van der Waals surface area contributed by atoms with Crippen molar-refractivity contribution in [1.82, 2.24) is 0 Å². The van der Waals surface area contributed by atoms with E-state index in [1.54, 1.807) is 38.3 Å². The number of ketones is 1. The molecule has 0 radical (unpaired) electrons. The zero-order chi connectivity index (χ0) is 12.1. The Bertz CT molecular complexity index is 381. The molecule has 0 aliphatic rings. The maximum absolute atomic E-state index is 11.8. The molecule has 0 amide bonds. The lowest BCUT2D eigenvalue weighted by Gasteiger charge is -2.10. The molecule has 0 N–H and O–H groups in total. The van der Waals surface area contributed by atoms with Gasteiger partial charge in [-0.1, -0.05) is 0 Å². The first-order valence-electron chi connectivity index (χ1n) is 4.90. The van der Waals surface area contributed by atoms with Gasteiger partial charge >= 0.3 is 5.97 Å². The van der Waals surface area contributed by atoms with Gasteiger partial charge in [-0.15, -0.1) is 0 Å². The van der Waals surface area contributed by atoms with Crippen LogP contribution >= 0.6 is 0 Å². The van der Waals surface area contributed by atoms with Crippen LogP contribution in [0.5, 0.6) is 5.75 Å². The van der Waals surface area contributed by atoms with Gasteiger partial charge in [0.15, 0.2) is 6.10 Å². The minimum absolute atomic E-state index is 0.224. The molecule has 1 rings (SSSR count). The molecule has 0 aliphatic heterocycles. The van der Waals surface area contributed by atoms with E-state index in [-0.39, 0.29) is 5.78 Å². The van der Waals surface area contributed by atoms with Gasteiger partial charge in [-0.3, -0.25) is 9.59 Å². The lowest BCUT2D eigenvalue weighted by Crippen LogP contribution is -2.22. The van der Waals surface area contributed by atoms with Crippen molar-refractivity contribution in [3.05, 3.63) is 29.8 Å². The van der Waals surface area contributed by atoms with Gasteiger partial charge in [-0.25, -0.2) is 0 Å². The third kappa shape index (κ3) is 3.08. The highest BCUT2D eigenvalue weighted by molar-refractivity contribution is 6.00. The Balaban J connectivity index is 2.75. The second kappa shape index (κ2) is 5.30. The van der Waals surface area contributed by atoms with E-state index in [4.69, 9.17) is 9.47 Å². The number of hydrogen-bond donors (Lipinski definition) is 0. The molecule has 0 unspecified atom stereocenters. The SMILES string of the molecule is COc1ccc(C(=O)[C@@H](C)OC(C)=O)cc1. The third-order valence-corrected chi connectivity index (χ3v) is 2.09. The summed E-state index contributed by atoms with van der Waals surface area (Å²) in [4.78, 5) is 22.5. The minimum Gasteiger partial charge on any atom is -0.497 e. The molecule has 1 aromatic carbocycles. The average molecular weight is 222 g/mol. The molecule has 4 nitrogen and oxygen atoms in total. The van der Waals surface area contributed by atoms with Gasteiger partial charge in [0.05, 0.1) is 7.11 Å². The van der Waals surface area contributed by atoms with Gasteiger partial charge in [0.25, 0.3) is 0 Å². The van der Waals surface area contributed by atoms with E-state index in [1.165, 1.54) is 6.92 Å². The monoisotopic (exact) mass is 222 g/mol. The summed E-state index contributed by atoms with van der Waals surface area (Å²) in [5.41, 5.74) is 0.495. The van der Waals surface area contributed by atoms with E-state index in [1.807, 2.05) is 0 Å². The highest BCUT2D eigenvalue weighted by Gasteiger charge is 2.17. The second-order valence-electron chi connectivity index (χ2n) is 3.34. The Morgan fingerprint density at radius 2 is 1.75 bits per heavy atom. The summed E-state index contributed by atoms with van der Waals surface area (Å²) in [7, 11) is 1.55. The number of Topliss-reactive ketones (excluding diaryl/α,β-unsaturated/α-hetero) is 1. The van der Waals surface area contributed by atoms with E-state index in [0.717, 1.165) is 0 Å². The van der Waals surface area contributed by atoms with Crippen LogP contribution in [0.1, 0.15) is 24.2 Å². The van der Waals surface area contributed by atoms with Crippen molar-refractivity contribution in [2.75, 3.05) is 7.11 Å². The summed E-state index contributed by atoms with van der Waals surface area (Å²) >= 11 is 0. The molecule has 1 atom stereocenters. The summed E-state index contributed by atoms with van der Waals surface area (Å²) < 4.78 is 9.78. The number of rotatable bonds is 4. The summed E-state index contributed by atoms with van der Waals surface area (Å²) in [6, 6.07) is 6.66. The van der Waals surface area contributed by atoms with Crippen LogP contribution in [0.4, 0.5) is 0 Å². The second-order valence-corrected chi connectivity index (χ2v) is 3.34. The number of benzene rings is 1. The molecule has 0 aliphatic carbocycles. The molecule has 0 spiro atoms. The minimum atomic E-state index is -0.758. The number of ether oxygens (including phenoxy) is 2. The van der Waals surface area contributed by atoms with E-state index < -0.39 is 12.1 Å². The number of methoxy groups -OCH3 is 1. The molecule has 86 valence electrons. The van der Waals surface area contributed by atoms with Gasteiger partial charge < -0.3 is 9.47 Å². The van der Waals surface area contributed by atoms with Crippen molar-refractivity contribution >= 4 is 11.8 Å². The predicted molar refractivity (Wildman–Crippen MR) is 58.6 cm³/mol. The molecular weight excluding hydrogens is 208 g/mol. The lowest BCUT2D eigenvalue weighted by molar-refractivity contribution is -0.143. The number of carbonyl (C=O) groups excluding carboxylic acids is 2. The molecule has 1 aromatic rings. The molecule has 0 saturated heterocycles. The number of hydrogen-bond acceptors (Lipinski definition) is 4. The fraction of sp³-hybridized carbons (Fsp3) is 0.333. The zero-order valence-corrected chi connectivity index (χ0v) is 9.52. The van der Waals surface area contributed by atoms with E-state index in [0.29, 0.717) is 11.3 Å². The van der Waals surface area contributed by atoms with Crippen LogP contribution in [0.25, 0.3) is 0 Å². The van der Waals surface area contributed by atoms with Crippen LogP contribution in [0, 0.1) is 0 Å². The lowest BCUT2D eigenvalue weighted by atomic mass is 10.1. The Hall–Kier alpha value is -1.84. The molecule has 0 aromatic heterocycles. The van der Waals surface area contributed by atoms with E-state index in [2.05, 4.69) is 0 Å². The Kier molecular flexibility index (Phi) is 4.05. The number of carbonyl (C=O) groups is 2. The van der Waals surface area contributed by atoms with Crippen molar-refractivity contribution in [1.29, 1.82) is 0 Å². The van der Waals surface area contributed by atoms with Crippen molar-refractivity contribution in [2.24, 2.45) is 0 Å². The molecule has 16 heavy (non-hydrogen) atoms. The fourth-order valence-corrected chi connectivity index (χ4v) is 1.29. The van der Waals surface area contributed by atoms with Crippen LogP contribution in [-0.2, 0) is 9.53 Å². The standard InChI is InChI=1S/C12H14O4/c1-8(16-9(2)13)12(14)10-4-6-11(15-3)7-5-10/h4-8H,1-3H3/t8-/m1/s1. The molecule has 0 fully saturated rings. The summed E-state index contributed by atoms with van der Waals surface area (Å²) in [5, 5.41) is 0. The number of esters is 1. The quantitative estimate of drug-likeness (QED) is 0.576.